The lowest BCUT2D eigenvalue weighted by Gasteiger charge is -2.32. The van der Waals surface area contributed by atoms with E-state index in [1.165, 1.54) is 0 Å². The summed E-state index contributed by atoms with van der Waals surface area (Å²) in [5, 5.41) is 9.86. The molecule has 0 spiro atoms. The number of aliphatic hydroxyl groups is 1. The van der Waals surface area contributed by atoms with Gasteiger partial charge in [-0.15, -0.1) is 0 Å². The molecule has 0 bridgehead atoms. The summed E-state index contributed by atoms with van der Waals surface area (Å²) in [6.07, 6.45) is 0.0157. The highest BCUT2D eigenvalue weighted by atomic mass is 16.3. The summed E-state index contributed by atoms with van der Waals surface area (Å²) in [6.45, 7) is 3.77. The Kier molecular flexibility index (Phi) is 1.96. The van der Waals surface area contributed by atoms with Crippen LogP contribution in [0.15, 0.2) is 24.3 Å². The van der Waals surface area contributed by atoms with E-state index >= 15 is 0 Å². The Morgan fingerprint density at radius 2 is 2.00 bits per heavy atom. The van der Waals surface area contributed by atoms with Gasteiger partial charge < -0.3 is 5.11 Å². The van der Waals surface area contributed by atoms with Crippen LogP contribution in [-0.2, 0) is 0 Å². The number of ketones is 1. The number of fused-ring (bicyclic) bond motifs is 1. The summed E-state index contributed by atoms with van der Waals surface area (Å²) in [5.41, 5.74) is 1.02. The van der Waals surface area contributed by atoms with Gasteiger partial charge in [0.2, 0.25) is 0 Å². The van der Waals surface area contributed by atoms with Gasteiger partial charge in [0.15, 0.2) is 5.78 Å². The highest BCUT2D eigenvalue weighted by Crippen LogP contribution is 2.40. The second kappa shape index (κ2) is 2.92. The number of Topliss-reactive ketones (excluding diaryl/α,β-unsaturated/α-hetero) is 1. The Morgan fingerprint density at radius 3 is 2.71 bits per heavy atom. The second-order valence-electron chi connectivity index (χ2n) is 4.52. The minimum atomic E-state index is -0.501. The first-order chi connectivity index (χ1) is 6.52. The number of rotatable bonds is 0. The van der Waals surface area contributed by atoms with E-state index in [0.717, 1.165) is 5.56 Å². The molecule has 0 aliphatic heterocycles. The van der Waals surface area contributed by atoms with Crippen molar-refractivity contribution in [2.45, 2.75) is 26.4 Å². The van der Waals surface area contributed by atoms with Crippen LogP contribution in [-0.4, -0.2) is 10.9 Å². The number of benzene rings is 1. The summed E-state index contributed by atoms with van der Waals surface area (Å²) in [4.78, 5) is 12.0. The fourth-order valence-electron chi connectivity index (χ4n) is 2.04. The van der Waals surface area contributed by atoms with Gasteiger partial charge >= 0.3 is 0 Å². The molecule has 0 saturated carbocycles. The first-order valence-corrected chi connectivity index (χ1v) is 4.84. The number of carbonyl (C=O) groups is 1. The lowest BCUT2D eigenvalue weighted by atomic mass is 9.72. The van der Waals surface area contributed by atoms with Gasteiger partial charge in [-0.1, -0.05) is 38.1 Å². The van der Waals surface area contributed by atoms with Gasteiger partial charge in [0, 0.05) is 11.0 Å². The fraction of sp³-hybridized carbons (Fsp3) is 0.417. The number of hydrogen-bond acceptors (Lipinski definition) is 2. The van der Waals surface area contributed by atoms with E-state index in [0.29, 0.717) is 12.0 Å². The summed E-state index contributed by atoms with van der Waals surface area (Å²) >= 11 is 0. The highest BCUT2D eigenvalue weighted by Gasteiger charge is 2.38. The highest BCUT2D eigenvalue weighted by molar-refractivity contribution is 6.02. The molecule has 1 N–H and O–H groups in total. The molecular weight excluding hydrogens is 176 g/mol. The lowest BCUT2D eigenvalue weighted by Crippen LogP contribution is -2.32. The molecule has 0 aromatic heterocycles. The first-order valence-electron chi connectivity index (χ1n) is 4.84. The maximum atomic E-state index is 12.0. The van der Waals surface area contributed by atoms with Crippen molar-refractivity contribution in [3.8, 4) is 0 Å². The third-order valence-corrected chi connectivity index (χ3v) is 2.88. The monoisotopic (exact) mass is 190 g/mol. The Balaban J connectivity index is 2.57. The zero-order valence-electron chi connectivity index (χ0n) is 8.45. The van der Waals surface area contributed by atoms with E-state index in [2.05, 4.69) is 0 Å². The summed E-state index contributed by atoms with van der Waals surface area (Å²) < 4.78 is 0. The van der Waals surface area contributed by atoms with E-state index in [4.69, 9.17) is 0 Å². The Morgan fingerprint density at radius 1 is 1.36 bits per heavy atom. The largest absolute Gasteiger partial charge is 0.388 e. The topological polar surface area (TPSA) is 37.3 Å². The van der Waals surface area contributed by atoms with Crippen molar-refractivity contribution < 1.29 is 9.90 Å². The van der Waals surface area contributed by atoms with Crippen LogP contribution in [0.25, 0.3) is 0 Å². The maximum Gasteiger partial charge on any atom is 0.168 e. The molecular formula is C12H14O2. The molecule has 2 nitrogen and oxygen atoms in total. The van der Waals surface area contributed by atoms with Crippen molar-refractivity contribution in [3.63, 3.8) is 0 Å². The van der Waals surface area contributed by atoms with Gasteiger partial charge in [-0.05, 0) is 12.0 Å². The Hall–Kier alpha value is -1.15. The number of aliphatic hydroxyl groups excluding tert-OH is 1. The smallest absolute Gasteiger partial charge is 0.168 e. The molecule has 2 rings (SSSR count). The van der Waals surface area contributed by atoms with Crippen LogP contribution in [0.4, 0.5) is 0 Å². The van der Waals surface area contributed by atoms with Gasteiger partial charge in [-0.3, -0.25) is 4.79 Å². The van der Waals surface area contributed by atoms with Crippen LogP contribution in [0.3, 0.4) is 0 Å². The van der Waals surface area contributed by atoms with Crippen LogP contribution >= 0.6 is 0 Å². The molecule has 74 valence electrons. The number of carbonyl (C=O) groups excluding carboxylic acids is 1. The molecule has 0 radical (unpaired) electrons. The molecule has 1 aliphatic rings. The van der Waals surface area contributed by atoms with E-state index < -0.39 is 11.5 Å². The van der Waals surface area contributed by atoms with E-state index in [1.54, 1.807) is 6.07 Å². The van der Waals surface area contributed by atoms with Crippen molar-refractivity contribution in [2.24, 2.45) is 5.41 Å². The Labute approximate surface area is 83.6 Å². The van der Waals surface area contributed by atoms with Crippen molar-refractivity contribution >= 4 is 5.78 Å². The average Bonchev–Trinajstić information content (AvgIpc) is 2.14. The van der Waals surface area contributed by atoms with Gasteiger partial charge in [0.25, 0.3) is 0 Å². The van der Waals surface area contributed by atoms with Crippen LogP contribution in [0, 0.1) is 5.41 Å². The van der Waals surface area contributed by atoms with Crippen LogP contribution < -0.4 is 0 Å². The maximum absolute atomic E-state index is 12.0. The summed E-state index contributed by atoms with van der Waals surface area (Å²) in [6, 6.07) is 7.31. The second-order valence-corrected chi connectivity index (χ2v) is 4.52. The molecule has 0 saturated heterocycles. The molecule has 14 heavy (non-hydrogen) atoms. The zero-order valence-corrected chi connectivity index (χ0v) is 8.45. The molecule has 0 amide bonds. The van der Waals surface area contributed by atoms with Gasteiger partial charge in [0.05, 0.1) is 6.10 Å². The predicted molar refractivity (Wildman–Crippen MR) is 54.1 cm³/mol. The standard InChI is InChI=1S/C12H14O2/c1-12(2)7-10(13)8-5-3-4-6-9(8)11(12)14/h3-6,10,13H,7H2,1-2H3. The van der Waals surface area contributed by atoms with E-state index in [9.17, 15) is 9.90 Å². The molecule has 0 heterocycles. The van der Waals surface area contributed by atoms with Gasteiger partial charge in [-0.25, -0.2) is 0 Å². The fourth-order valence-corrected chi connectivity index (χ4v) is 2.04. The molecule has 1 unspecified atom stereocenters. The normalized spacial score (nSPS) is 24.5. The third-order valence-electron chi connectivity index (χ3n) is 2.88. The first kappa shape index (κ1) is 9.41. The summed E-state index contributed by atoms with van der Waals surface area (Å²) in [7, 11) is 0. The molecule has 1 aromatic carbocycles. The quantitative estimate of drug-likeness (QED) is 0.681. The minimum Gasteiger partial charge on any atom is -0.388 e. The third kappa shape index (κ3) is 1.26. The van der Waals surface area contributed by atoms with Gasteiger partial charge in [0.1, 0.15) is 0 Å². The van der Waals surface area contributed by atoms with Crippen molar-refractivity contribution in [1.29, 1.82) is 0 Å². The Bertz CT molecular complexity index is 380. The van der Waals surface area contributed by atoms with Crippen LogP contribution in [0.2, 0.25) is 0 Å². The zero-order chi connectivity index (χ0) is 10.3. The molecule has 2 heteroatoms. The predicted octanol–water partition coefficient (Wildman–Crippen LogP) is 2.33. The van der Waals surface area contributed by atoms with E-state index in [1.807, 2.05) is 32.0 Å². The molecule has 1 aliphatic carbocycles. The SMILES string of the molecule is CC1(C)CC(O)c2ccccc2C1=O. The number of hydrogen-bond donors (Lipinski definition) is 1. The average molecular weight is 190 g/mol. The van der Waals surface area contributed by atoms with Crippen molar-refractivity contribution in [3.05, 3.63) is 35.4 Å². The van der Waals surface area contributed by atoms with E-state index in [-0.39, 0.29) is 5.78 Å². The lowest BCUT2D eigenvalue weighted by molar-refractivity contribution is 0.0618. The molecule has 0 fully saturated rings. The van der Waals surface area contributed by atoms with Gasteiger partial charge in [-0.2, -0.15) is 0 Å². The van der Waals surface area contributed by atoms with Crippen molar-refractivity contribution in [2.75, 3.05) is 0 Å². The summed E-state index contributed by atoms with van der Waals surface area (Å²) in [5.74, 6) is 0.137. The molecule has 1 atom stereocenters. The van der Waals surface area contributed by atoms with Crippen LogP contribution in [0.5, 0.6) is 0 Å². The molecule has 1 aromatic rings. The van der Waals surface area contributed by atoms with Crippen molar-refractivity contribution in [1.82, 2.24) is 0 Å². The minimum absolute atomic E-state index is 0.137. The van der Waals surface area contributed by atoms with Crippen LogP contribution in [0.1, 0.15) is 42.3 Å².